The van der Waals surface area contributed by atoms with Gasteiger partial charge in [-0.25, -0.2) is 0 Å². The molecule has 4 rings (SSSR count). The minimum atomic E-state index is -0.230. The van der Waals surface area contributed by atoms with Crippen molar-refractivity contribution >= 4 is 23.4 Å². The predicted molar refractivity (Wildman–Crippen MR) is 123 cm³/mol. The lowest BCUT2D eigenvalue weighted by molar-refractivity contribution is -0.139. The van der Waals surface area contributed by atoms with Gasteiger partial charge in [-0.05, 0) is 57.1 Å². The third-order valence-corrected chi connectivity index (χ3v) is 7.20. The van der Waals surface area contributed by atoms with Crippen LogP contribution in [-0.4, -0.2) is 73.5 Å². The summed E-state index contributed by atoms with van der Waals surface area (Å²) in [5.41, 5.74) is 1.76. The van der Waals surface area contributed by atoms with E-state index in [4.69, 9.17) is 4.74 Å². The first kappa shape index (κ1) is 22.8. The van der Waals surface area contributed by atoms with Crippen LogP contribution < -0.4 is 4.90 Å². The average Bonchev–Trinajstić information content (AvgIpc) is 3.08. The summed E-state index contributed by atoms with van der Waals surface area (Å²) in [4.78, 5) is 45.0. The Kier molecular flexibility index (Phi) is 7.13. The fraction of sp³-hybridized carbons (Fsp3) is 0.640. The first-order valence-corrected chi connectivity index (χ1v) is 12.1. The number of hydrogen-bond acceptors (Lipinski definition) is 5. The largest absolute Gasteiger partial charge is 0.385 e. The van der Waals surface area contributed by atoms with E-state index >= 15 is 0 Å². The summed E-state index contributed by atoms with van der Waals surface area (Å²) in [5, 5.41) is 0. The Hall–Kier alpha value is -2.41. The molecular formula is C25H35N3O4. The molecule has 3 aliphatic heterocycles. The second kappa shape index (κ2) is 10.0. The summed E-state index contributed by atoms with van der Waals surface area (Å²) in [6.45, 7) is 5.28. The van der Waals surface area contributed by atoms with Crippen molar-refractivity contribution in [3.05, 3.63) is 29.3 Å². The van der Waals surface area contributed by atoms with Crippen LogP contribution >= 0.6 is 0 Å². The Balaban J connectivity index is 1.52. The predicted octanol–water partition coefficient (Wildman–Crippen LogP) is 3.33. The van der Waals surface area contributed by atoms with Gasteiger partial charge in [0.1, 0.15) is 0 Å². The van der Waals surface area contributed by atoms with E-state index in [-0.39, 0.29) is 23.6 Å². The molecule has 0 aliphatic carbocycles. The maximum Gasteiger partial charge on any atom is 0.263 e. The Morgan fingerprint density at radius 2 is 1.94 bits per heavy atom. The van der Waals surface area contributed by atoms with E-state index < -0.39 is 0 Å². The molecule has 174 valence electrons. The lowest BCUT2D eigenvalue weighted by Gasteiger charge is -2.41. The van der Waals surface area contributed by atoms with Gasteiger partial charge in [0.2, 0.25) is 5.91 Å². The molecule has 7 nitrogen and oxygen atoms in total. The number of carbonyl (C=O) groups is 3. The quantitative estimate of drug-likeness (QED) is 0.480. The highest BCUT2D eigenvalue weighted by Crippen LogP contribution is 2.35. The number of fused-ring (bicyclic) bond motifs is 1. The molecule has 0 aromatic heterocycles. The molecule has 3 amide bonds. The van der Waals surface area contributed by atoms with Crippen LogP contribution in [0.2, 0.25) is 0 Å². The van der Waals surface area contributed by atoms with Crippen LogP contribution in [0.25, 0.3) is 0 Å². The van der Waals surface area contributed by atoms with Crippen molar-refractivity contribution in [1.29, 1.82) is 0 Å². The molecule has 1 aromatic rings. The molecule has 32 heavy (non-hydrogen) atoms. The minimum Gasteiger partial charge on any atom is -0.385 e. The van der Waals surface area contributed by atoms with E-state index in [1.165, 1.54) is 11.3 Å². The maximum absolute atomic E-state index is 13.4. The molecular weight excluding hydrogens is 406 g/mol. The highest BCUT2D eigenvalue weighted by atomic mass is 16.5. The van der Waals surface area contributed by atoms with Gasteiger partial charge in [0.05, 0.1) is 22.7 Å². The zero-order valence-corrected chi connectivity index (χ0v) is 19.3. The van der Waals surface area contributed by atoms with Crippen LogP contribution in [0.1, 0.15) is 72.6 Å². The third-order valence-electron chi connectivity index (χ3n) is 7.20. The molecule has 2 atom stereocenters. The van der Waals surface area contributed by atoms with Crippen molar-refractivity contribution in [1.82, 2.24) is 9.80 Å². The molecule has 2 fully saturated rings. The number of methoxy groups -OCH3 is 1. The molecule has 0 spiro atoms. The maximum atomic E-state index is 13.4. The van der Waals surface area contributed by atoms with Crippen molar-refractivity contribution in [2.24, 2.45) is 5.92 Å². The number of hydrogen-bond donors (Lipinski definition) is 0. The summed E-state index contributed by atoms with van der Waals surface area (Å²) >= 11 is 0. The first-order chi connectivity index (χ1) is 15.6. The Morgan fingerprint density at radius 3 is 2.72 bits per heavy atom. The number of ether oxygens (including phenoxy) is 1. The van der Waals surface area contributed by atoms with Gasteiger partial charge in [-0.15, -0.1) is 0 Å². The summed E-state index contributed by atoms with van der Waals surface area (Å²) in [6, 6.07) is 5.86. The standard InChI is InChI=1S/C25H35N3O4/c1-3-19-10-4-5-14-27(19)23(29)18-9-7-13-26(17-18)21-12-6-11-20-22(21)25(31)28(24(20)30)15-8-16-32-2/h6,11-12,18-19H,3-5,7-10,13-17H2,1-2H3/t18-,19+/m0/s1. The Morgan fingerprint density at radius 1 is 1.09 bits per heavy atom. The van der Waals surface area contributed by atoms with E-state index in [9.17, 15) is 14.4 Å². The topological polar surface area (TPSA) is 70.2 Å². The number of imide groups is 1. The van der Waals surface area contributed by atoms with Gasteiger partial charge in [-0.1, -0.05) is 13.0 Å². The van der Waals surface area contributed by atoms with Gasteiger partial charge < -0.3 is 14.5 Å². The average molecular weight is 442 g/mol. The second-order valence-electron chi connectivity index (χ2n) is 9.18. The van der Waals surface area contributed by atoms with Crippen molar-refractivity contribution in [2.75, 3.05) is 44.8 Å². The van der Waals surface area contributed by atoms with Crippen molar-refractivity contribution < 1.29 is 19.1 Å². The minimum absolute atomic E-state index is 0.0585. The summed E-state index contributed by atoms with van der Waals surface area (Å²) in [5.74, 6) is -0.256. The first-order valence-electron chi connectivity index (χ1n) is 12.1. The van der Waals surface area contributed by atoms with Crippen molar-refractivity contribution in [2.45, 2.75) is 57.9 Å². The fourth-order valence-corrected chi connectivity index (χ4v) is 5.50. The molecule has 7 heteroatoms. The molecule has 0 bridgehead atoms. The van der Waals surface area contributed by atoms with Crippen LogP contribution in [0, 0.1) is 5.92 Å². The smallest absolute Gasteiger partial charge is 0.263 e. The van der Waals surface area contributed by atoms with E-state index in [0.29, 0.717) is 43.3 Å². The highest BCUT2D eigenvalue weighted by molar-refractivity contribution is 6.23. The number of nitrogens with zero attached hydrogens (tertiary/aromatic N) is 3. The van der Waals surface area contributed by atoms with Crippen LogP contribution in [0.15, 0.2) is 18.2 Å². The van der Waals surface area contributed by atoms with Crippen LogP contribution in [0.3, 0.4) is 0 Å². The van der Waals surface area contributed by atoms with Crippen LogP contribution in [0.4, 0.5) is 5.69 Å². The molecule has 3 heterocycles. The SMILES string of the molecule is CC[C@@H]1CCCCN1C(=O)[C@H]1CCCN(c2cccc3c2C(=O)N(CCCOC)C3=O)C1. The Bertz CT molecular complexity index is 871. The lowest BCUT2D eigenvalue weighted by Crippen LogP contribution is -2.50. The summed E-state index contributed by atoms with van der Waals surface area (Å²) in [6.07, 6.45) is 6.79. The van der Waals surface area contributed by atoms with Gasteiger partial charge in [0, 0.05) is 45.9 Å². The second-order valence-corrected chi connectivity index (χ2v) is 9.18. The molecule has 2 saturated heterocycles. The highest BCUT2D eigenvalue weighted by Gasteiger charge is 2.40. The molecule has 0 N–H and O–H groups in total. The lowest BCUT2D eigenvalue weighted by atomic mass is 9.92. The zero-order valence-electron chi connectivity index (χ0n) is 19.3. The van der Waals surface area contributed by atoms with Crippen molar-refractivity contribution in [3.8, 4) is 0 Å². The number of carbonyl (C=O) groups excluding carboxylic acids is 3. The van der Waals surface area contributed by atoms with Gasteiger partial charge in [0.25, 0.3) is 11.8 Å². The number of likely N-dealkylation sites (tertiary alicyclic amines) is 1. The zero-order chi connectivity index (χ0) is 22.7. The summed E-state index contributed by atoms with van der Waals surface area (Å²) in [7, 11) is 1.61. The molecule has 0 radical (unpaired) electrons. The van der Waals surface area contributed by atoms with Crippen LogP contribution in [-0.2, 0) is 9.53 Å². The molecule has 3 aliphatic rings. The number of benzene rings is 1. The van der Waals surface area contributed by atoms with E-state index in [0.717, 1.165) is 50.9 Å². The number of rotatable bonds is 7. The van der Waals surface area contributed by atoms with Crippen LogP contribution in [0.5, 0.6) is 0 Å². The summed E-state index contributed by atoms with van der Waals surface area (Å²) < 4.78 is 5.07. The molecule has 1 aromatic carbocycles. The van der Waals surface area contributed by atoms with Gasteiger partial charge in [-0.2, -0.15) is 0 Å². The number of amides is 3. The van der Waals surface area contributed by atoms with E-state index in [2.05, 4.69) is 16.7 Å². The van der Waals surface area contributed by atoms with Gasteiger partial charge in [-0.3, -0.25) is 19.3 Å². The van der Waals surface area contributed by atoms with Gasteiger partial charge in [0.15, 0.2) is 0 Å². The molecule has 0 saturated carbocycles. The monoisotopic (exact) mass is 441 g/mol. The molecule has 0 unspecified atom stereocenters. The third kappa shape index (κ3) is 4.27. The van der Waals surface area contributed by atoms with E-state index in [1.807, 2.05) is 12.1 Å². The number of piperidine rings is 2. The fourth-order valence-electron chi connectivity index (χ4n) is 5.50. The normalized spacial score (nSPS) is 23.6. The van der Waals surface area contributed by atoms with Crippen molar-refractivity contribution in [3.63, 3.8) is 0 Å². The van der Waals surface area contributed by atoms with E-state index in [1.54, 1.807) is 13.2 Å². The number of anilines is 1. The van der Waals surface area contributed by atoms with Gasteiger partial charge >= 0.3 is 0 Å². The Labute approximate surface area is 190 Å².